The maximum absolute atomic E-state index is 11.5. The van der Waals surface area contributed by atoms with Crippen molar-refractivity contribution in [2.75, 3.05) is 0 Å². The largest absolute Gasteiger partial charge is 0.481 e. The standard InChI is InChI=1S/C9H8O3/c10-8(6-9(11)12)7-4-2-1-3-5-7/h1-5H,6H2,(H,11,12)/i1D,2D,3D,4D,5D. The molecule has 0 unspecified atom stereocenters. The molecule has 3 nitrogen and oxygen atoms in total. The summed E-state index contributed by atoms with van der Waals surface area (Å²) in [5, 5.41) is 8.45. The fraction of sp³-hybridized carbons (Fsp3) is 0.111. The Morgan fingerprint density at radius 2 is 1.92 bits per heavy atom. The minimum Gasteiger partial charge on any atom is -0.481 e. The van der Waals surface area contributed by atoms with Crippen LogP contribution in [0.2, 0.25) is 0 Å². The first-order valence-electron chi connectivity index (χ1n) is 5.59. The summed E-state index contributed by atoms with van der Waals surface area (Å²) >= 11 is 0. The molecule has 0 spiro atoms. The summed E-state index contributed by atoms with van der Waals surface area (Å²) in [6.07, 6.45) is -0.909. The van der Waals surface area contributed by atoms with Crippen molar-refractivity contribution < 1.29 is 21.5 Å². The van der Waals surface area contributed by atoms with Gasteiger partial charge in [0.2, 0.25) is 0 Å². The number of hydrogen-bond acceptors (Lipinski definition) is 2. The van der Waals surface area contributed by atoms with Crippen molar-refractivity contribution in [2.24, 2.45) is 0 Å². The Bertz CT molecular complexity index is 483. The number of carboxylic acid groups (broad SMARTS) is 1. The number of carboxylic acids is 1. The summed E-state index contributed by atoms with van der Waals surface area (Å²) in [4.78, 5) is 21.8. The van der Waals surface area contributed by atoms with Crippen molar-refractivity contribution in [3.05, 3.63) is 35.8 Å². The fourth-order valence-corrected chi connectivity index (χ4v) is 0.615. The number of hydrogen-bond donors (Lipinski definition) is 1. The lowest BCUT2D eigenvalue weighted by Gasteiger charge is -1.95. The highest BCUT2D eigenvalue weighted by atomic mass is 16.4. The molecule has 0 saturated carbocycles. The van der Waals surface area contributed by atoms with Gasteiger partial charge in [-0.3, -0.25) is 9.59 Å². The minimum absolute atomic E-state index is 0.585. The van der Waals surface area contributed by atoms with E-state index in [1.165, 1.54) is 0 Å². The molecule has 0 saturated heterocycles. The molecule has 1 aromatic rings. The predicted octanol–water partition coefficient (Wildman–Crippen LogP) is 1.34. The molecule has 0 heterocycles. The Labute approximate surface area is 76.7 Å². The fourth-order valence-electron chi connectivity index (χ4n) is 0.615. The van der Waals surface area contributed by atoms with Gasteiger partial charge in [0.25, 0.3) is 0 Å². The molecular weight excluding hydrogens is 156 g/mol. The monoisotopic (exact) mass is 169 g/mol. The van der Waals surface area contributed by atoms with Crippen molar-refractivity contribution in [1.82, 2.24) is 0 Å². The van der Waals surface area contributed by atoms with Crippen LogP contribution in [0, 0.1) is 0 Å². The highest BCUT2D eigenvalue weighted by molar-refractivity contribution is 6.05. The van der Waals surface area contributed by atoms with Gasteiger partial charge >= 0.3 is 5.97 Å². The van der Waals surface area contributed by atoms with E-state index in [0.717, 1.165) is 0 Å². The van der Waals surface area contributed by atoms with Gasteiger partial charge in [-0.15, -0.1) is 0 Å². The van der Waals surface area contributed by atoms with Gasteiger partial charge in [-0.2, -0.15) is 0 Å². The third kappa shape index (κ3) is 2.20. The summed E-state index contributed by atoms with van der Waals surface area (Å²) in [6.45, 7) is 0. The molecule has 0 aliphatic heterocycles. The van der Waals surface area contributed by atoms with E-state index in [1.807, 2.05) is 0 Å². The van der Waals surface area contributed by atoms with E-state index in [4.69, 9.17) is 12.0 Å². The third-order valence-electron chi connectivity index (χ3n) is 1.09. The van der Waals surface area contributed by atoms with Gasteiger partial charge in [-0.25, -0.2) is 0 Å². The highest BCUT2D eigenvalue weighted by Gasteiger charge is 2.08. The van der Waals surface area contributed by atoms with Crippen LogP contribution in [0.25, 0.3) is 0 Å². The van der Waals surface area contributed by atoms with Crippen LogP contribution in [0.4, 0.5) is 0 Å². The number of ketones is 1. The normalized spacial score (nSPS) is 15.2. The molecule has 0 aromatic heterocycles. The van der Waals surface area contributed by atoms with E-state index < -0.39 is 53.9 Å². The third-order valence-corrected chi connectivity index (χ3v) is 1.09. The SMILES string of the molecule is [2H]c1c([2H])c([2H])c(C(=O)CC(=O)O)c([2H])c1[2H]. The van der Waals surface area contributed by atoms with E-state index >= 15 is 0 Å². The molecule has 12 heavy (non-hydrogen) atoms. The molecule has 0 radical (unpaired) electrons. The van der Waals surface area contributed by atoms with Crippen LogP contribution in [0.5, 0.6) is 0 Å². The number of Topliss-reactive ketones (excluding diaryl/α,β-unsaturated/α-hetero) is 1. The van der Waals surface area contributed by atoms with Gasteiger partial charge in [-0.1, -0.05) is 30.2 Å². The lowest BCUT2D eigenvalue weighted by atomic mass is 10.1. The van der Waals surface area contributed by atoms with Crippen molar-refractivity contribution in [3.63, 3.8) is 0 Å². The van der Waals surface area contributed by atoms with Crippen LogP contribution in [-0.4, -0.2) is 16.9 Å². The lowest BCUT2D eigenvalue weighted by molar-refractivity contribution is -0.135. The van der Waals surface area contributed by atoms with E-state index in [-0.39, 0.29) is 0 Å². The molecule has 3 heteroatoms. The van der Waals surface area contributed by atoms with E-state index in [0.29, 0.717) is 0 Å². The maximum Gasteiger partial charge on any atom is 0.311 e. The van der Waals surface area contributed by atoms with Crippen molar-refractivity contribution in [1.29, 1.82) is 0 Å². The zero-order valence-corrected chi connectivity index (χ0v) is 5.97. The van der Waals surface area contributed by atoms with Crippen LogP contribution < -0.4 is 0 Å². The zero-order chi connectivity index (χ0) is 13.3. The minimum atomic E-state index is -1.41. The Balaban J connectivity index is 3.44. The first-order valence-corrected chi connectivity index (χ1v) is 3.09. The maximum atomic E-state index is 11.5. The van der Waals surface area contributed by atoms with Gasteiger partial charge in [0, 0.05) is 5.56 Å². The average Bonchev–Trinajstić information content (AvgIpc) is 2.23. The topological polar surface area (TPSA) is 54.4 Å². The molecule has 0 bridgehead atoms. The molecular formula is C9H8O3. The van der Waals surface area contributed by atoms with E-state index in [1.54, 1.807) is 0 Å². The molecule has 0 atom stereocenters. The molecule has 62 valence electrons. The van der Waals surface area contributed by atoms with Gasteiger partial charge in [0.15, 0.2) is 5.78 Å². The number of carbonyl (C=O) groups is 2. The smallest absolute Gasteiger partial charge is 0.311 e. The number of rotatable bonds is 3. The van der Waals surface area contributed by atoms with Crippen LogP contribution in [0.3, 0.4) is 0 Å². The lowest BCUT2D eigenvalue weighted by Crippen LogP contribution is -2.06. The first kappa shape index (κ1) is 3.85. The van der Waals surface area contributed by atoms with Gasteiger partial charge < -0.3 is 5.11 Å². The molecule has 0 amide bonds. The van der Waals surface area contributed by atoms with Gasteiger partial charge in [0.05, 0.1) is 6.85 Å². The molecule has 1 N–H and O–H groups in total. The number of aliphatic carboxylic acids is 1. The molecule has 0 fully saturated rings. The number of benzene rings is 1. The molecule has 0 aliphatic carbocycles. The van der Waals surface area contributed by atoms with Crippen molar-refractivity contribution >= 4 is 11.8 Å². The Morgan fingerprint density at radius 3 is 2.42 bits per heavy atom. The summed E-state index contributed by atoms with van der Waals surface area (Å²) in [5.41, 5.74) is -0.585. The van der Waals surface area contributed by atoms with Crippen molar-refractivity contribution in [3.8, 4) is 0 Å². The predicted molar refractivity (Wildman–Crippen MR) is 43.0 cm³/mol. The highest BCUT2D eigenvalue weighted by Crippen LogP contribution is 2.02. The van der Waals surface area contributed by atoms with E-state index in [2.05, 4.69) is 0 Å². The number of carbonyl (C=O) groups excluding carboxylic acids is 1. The Hall–Kier alpha value is -1.64. The average molecular weight is 169 g/mol. The van der Waals surface area contributed by atoms with Crippen LogP contribution >= 0.6 is 0 Å². The zero-order valence-electron chi connectivity index (χ0n) is 11.0. The van der Waals surface area contributed by atoms with E-state index in [9.17, 15) is 9.59 Å². The second kappa shape index (κ2) is 3.67. The summed E-state index contributed by atoms with van der Waals surface area (Å²) in [7, 11) is 0. The van der Waals surface area contributed by atoms with Crippen molar-refractivity contribution in [2.45, 2.75) is 6.42 Å². The van der Waals surface area contributed by atoms with Gasteiger partial charge in [-0.05, 0) is 0 Å². The Morgan fingerprint density at radius 1 is 1.33 bits per heavy atom. The first-order chi connectivity index (χ1) is 7.77. The molecule has 1 rings (SSSR count). The quantitative estimate of drug-likeness (QED) is 0.548. The second-order valence-corrected chi connectivity index (χ2v) is 1.99. The Kier molecular flexibility index (Phi) is 1.17. The summed E-state index contributed by atoms with van der Waals surface area (Å²) in [6, 6.07) is -3.28. The van der Waals surface area contributed by atoms with Crippen LogP contribution in [-0.2, 0) is 4.79 Å². The summed E-state index contributed by atoms with van der Waals surface area (Å²) < 4.78 is 36.8. The van der Waals surface area contributed by atoms with Crippen LogP contribution in [0.1, 0.15) is 23.6 Å². The van der Waals surface area contributed by atoms with Crippen LogP contribution in [0.15, 0.2) is 30.2 Å². The molecule has 1 aromatic carbocycles. The second-order valence-electron chi connectivity index (χ2n) is 1.99. The molecule has 0 aliphatic rings. The van der Waals surface area contributed by atoms with Gasteiger partial charge in [0.1, 0.15) is 6.42 Å². The summed E-state index contributed by atoms with van der Waals surface area (Å²) in [5.74, 6) is -2.42.